The van der Waals surface area contributed by atoms with Crippen LogP contribution in [0.4, 0.5) is 0 Å². The van der Waals surface area contributed by atoms with Crippen molar-refractivity contribution in [3.63, 3.8) is 0 Å². The number of carbonyl (C=O) groups excluding carboxylic acids is 2. The van der Waals surface area contributed by atoms with E-state index in [1.54, 1.807) is 0 Å². The molecule has 0 aromatic heterocycles. The van der Waals surface area contributed by atoms with Gasteiger partial charge >= 0.3 is 0 Å². The molecule has 22 heavy (non-hydrogen) atoms. The lowest BCUT2D eigenvalue weighted by atomic mass is 9.82. The number of carbonyl (C=O) groups is 2. The molecule has 128 valence electrons. The normalized spacial score (nSPS) is 21.5. The van der Waals surface area contributed by atoms with Gasteiger partial charge in [-0.05, 0) is 25.7 Å². The van der Waals surface area contributed by atoms with E-state index in [1.807, 2.05) is 0 Å². The van der Waals surface area contributed by atoms with E-state index in [1.165, 1.54) is 19.3 Å². The maximum absolute atomic E-state index is 12.1. The van der Waals surface area contributed by atoms with Crippen molar-refractivity contribution in [1.82, 2.24) is 10.6 Å². The number of hydrogen-bond acceptors (Lipinski definition) is 3. The first-order chi connectivity index (χ1) is 10.1. The molecular formula is C16H30ClN3O2. The van der Waals surface area contributed by atoms with Crippen molar-refractivity contribution in [2.45, 2.75) is 82.2 Å². The van der Waals surface area contributed by atoms with Gasteiger partial charge in [0, 0.05) is 19.0 Å². The van der Waals surface area contributed by atoms with E-state index in [9.17, 15) is 9.59 Å². The Kier molecular flexibility index (Phi) is 8.18. The van der Waals surface area contributed by atoms with Gasteiger partial charge < -0.3 is 16.4 Å². The van der Waals surface area contributed by atoms with Crippen LogP contribution in [0.5, 0.6) is 0 Å². The van der Waals surface area contributed by atoms with Crippen LogP contribution < -0.4 is 16.4 Å². The van der Waals surface area contributed by atoms with Crippen LogP contribution in [-0.2, 0) is 9.59 Å². The number of hydrogen-bond donors (Lipinski definition) is 3. The van der Waals surface area contributed by atoms with Crippen LogP contribution in [0, 0.1) is 0 Å². The third-order valence-electron chi connectivity index (χ3n) is 4.81. The molecule has 0 spiro atoms. The molecule has 0 unspecified atom stereocenters. The van der Waals surface area contributed by atoms with Crippen LogP contribution in [0.1, 0.15) is 70.6 Å². The summed E-state index contributed by atoms with van der Waals surface area (Å²) in [7, 11) is 0. The van der Waals surface area contributed by atoms with Crippen molar-refractivity contribution in [3.8, 4) is 0 Å². The summed E-state index contributed by atoms with van der Waals surface area (Å²) in [5.74, 6) is -0.0513. The van der Waals surface area contributed by atoms with Crippen LogP contribution in [0.25, 0.3) is 0 Å². The third-order valence-corrected chi connectivity index (χ3v) is 4.81. The Balaban J connectivity index is 0.00000242. The van der Waals surface area contributed by atoms with Crippen molar-refractivity contribution in [2.75, 3.05) is 6.54 Å². The van der Waals surface area contributed by atoms with Crippen LogP contribution >= 0.6 is 12.4 Å². The summed E-state index contributed by atoms with van der Waals surface area (Å²) < 4.78 is 0. The quantitative estimate of drug-likeness (QED) is 0.720. The zero-order valence-electron chi connectivity index (χ0n) is 13.4. The van der Waals surface area contributed by atoms with Crippen molar-refractivity contribution in [3.05, 3.63) is 0 Å². The van der Waals surface area contributed by atoms with E-state index in [4.69, 9.17) is 5.73 Å². The van der Waals surface area contributed by atoms with E-state index >= 15 is 0 Å². The van der Waals surface area contributed by atoms with E-state index in [2.05, 4.69) is 10.6 Å². The topological polar surface area (TPSA) is 84.2 Å². The fraction of sp³-hybridized carbons (Fsp3) is 0.875. The lowest BCUT2D eigenvalue weighted by Crippen LogP contribution is -2.55. The first-order valence-electron chi connectivity index (χ1n) is 8.47. The van der Waals surface area contributed by atoms with Crippen LogP contribution in [0.2, 0.25) is 0 Å². The lowest BCUT2D eigenvalue weighted by molar-refractivity contribution is -0.127. The van der Waals surface area contributed by atoms with Gasteiger partial charge in [0.25, 0.3) is 0 Å². The van der Waals surface area contributed by atoms with E-state index in [0.717, 1.165) is 44.9 Å². The Morgan fingerprint density at radius 1 is 1.00 bits per heavy atom. The van der Waals surface area contributed by atoms with Crippen molar-refractivity contribution >= 4 is 24.2 Å². The first kappa shape index (κ1) is 19.2. The molecule has 0 saturated heterocycles. The number of nitrogens with two attached hydrogens (primary N) is 1. The molecule has 6 heteroatoms. The van der Waals surface area contributed by atoms with Crippen molar-refractivity contribution in [1.29, 1.82) is 0 Å². The van der Waals surface area contributed by atoms with Crippen molar-refractivity contribution < 1.29 is 9.59 Å². The monoisotopic (exact) mass is 331 g/mol. The highest BCUT2D eigenvalue weighted by Crippen LogP contribution is 2.25. The molecule has 2 rings (SSSR count). The average Bonchev–Trinajstić information content (AvgIpc) is 2.49. The van der Waals surface area contributed by atoms with Crippen LogP contribution in [0.3, 0.4) is 0 Å². The maximum atomic E-state index is 12.1. The Labute approximate surface area is 139 Å². The second-order valence-electron chi connectivity index (χ2n) is 6.63. The Hall–Kier alpha value is -0.810. The zero-order chi connectivity index (χ0) is 15.1. The maximum Gasteiger partial charge on any atom is 0.240 e. The molecule has 2 saturated carbocycles. The zero-order valence-corrected chi connectivity index (χ0v) is 14.2. The summed E-state index contributed by atoms with van der Waals surface area (Å²) >= 11 is 0. The summed E-state index contributed by atoms with van der Waals surface area (Å²) in [6.07, 6.45) is 10.9. The molecule has 0 heterocycles. The van der Waals surface area contributed by atoms with Crippen LogP contribution in [0.15, 0.2) is 0 Å². The number of halogens is 1. The van der Waals surface area contributed by atoms with Gasteiger partial charge in [-0.3, -0.25) is 9.59 Å². The molecule has 0 aromatic rings. The molecule has 2 amide bonds. The Morgan fingerprint density at radius 3 is 2.23 bits per heavy atom. The third kappa shape index (κ3) is 5.76. The minimum absolute atomic E-state index is 0. The van der Waals surface area contributed by atoms with Crippen molar-refractivity contribution in [2.24, 2.45) is 5.73 Å². The van der Waals surface area contributed by atoms with Crippen LogP contribution in [-0.4, -0.2) is 29.9 Å². The summed E-state index contributed by atoms with van der Waals surface area (Å²) in [5, 5.41) is 5.90. The SMILES string of the molecule is Cl.NC1(C(=O)NCCC(=O)NC2CCCCC2)CCCCC1. The highest BCUT2D eigenvalue weighted by Gasteiger charge is 2.34. The minimum atomic E-state index is -0.710. The molecule has 0 atom stereocenters. The number of amides is 2. The van der Waals surface area contributed by atoms with Gasteiger partial charge in [0.05, 0.1) is 5.54 Å². The number of nitrogens with one attached hydrogen (secondary N) is 2. The summed E-state index contributed by atoms with van der Waals surface area (Å²) in [4.78, 5) is 24.0. The van der Waals surface area contributed by atoms with Gasteiger partial charge in [-0.15, -0.1) is 12.4 Å². The van der Waals surface area contributed by atoms with Gasteiger partial charge in [-0.2, -0.15) is 0 Å². The molecule has 4 N–H and O–H groups in total. The largest absolute Gasteiger partial charge is 0.354 e. The minimum Gasteiger partial charge on any atom is -0.354 e. The molecular weight excluding hydrogens is 302 g/mol. The van der Waals surface area contributed by atoms with Gasteiger partial charge in [0.1, 0.15) is 0 Å². The lowest BCUT2D eigenvalue weighted by Gasteiger charge is -2.31. The Morgan fingerprint density at radius 2 is 1.59 bits per heavy atom. The van der Waals surface area contributed by atoms with E-state index < -0.39 is 5.54 Å². The van der Waals surface area contributed by atoms with Gasteiger partial charge in [0.2, 0.25) is 11.8 Å². The molecule has 2 aliphatic rings. The molecule has 5 nitrogen and oxygen atoms in total. The Bertz CT molecular complexity index is 364. The molecule has 0 radical (unpaired) electrons. The molecule has 0 aromatic carbocycles. The number of rotatable bonds is 5. The predicted molar refractivity (Wildman–Crippen MR) is 89.9 cm³/mol. The summed E-state index contributed by atoms with van der Waals surface area (Å²) in [6.45, 7) is 0.385. The summed E-state index contributed by atoms with van der Waals surface area (Å²) in [5.41, 5.74) is 5.45. The van der Waals surface area contributed by atoms with Gasteiger partial charge in [-0.1, -0.05) is 38.5 Å². The molecule has 0 bridgehead atoms. The fourth-order valence-electron chi connectivity index (χ4n) is 3.42. The standard InChI is InChI=1S/C16H29N3O2.ClH/c17-16(10-5-2-6-11-16)15(21)18-12-9-14(20)19-13-7-3-1-4-8-13;/h13H,1-12,17H2,(H,18,21)(H,19,20);1H. The molecule has 2 aliphatic carbocycles. The fourth-order valence-corrected chi connectivity index (χ4v) is 3.42. The summed E-state index contributed by atoms with van der Waals surface area (Å²) in [6, 6.07) is 0.334. The average molecular weight is 332 g/mol. The smallest absolute Gasteiger partial charge is 0.240 e. The predicted octanol–water partition coefficient (Wildman–Crippen LogP) is 2.02. The second-order valence-corrected chi connectivity index (χ2v) is 6.63. The highest BCUT2D eigenvalue weighted by molar-refractivity contribution is 5.86. The van der Waals surface area contributed by atoms with Gasteiger partial charge in [-0.25, -0.2) is 0 Å². The van der Waals surface area contributed by atoms with E-state index in [-0.39, 0.29) is 24.2 Å². The van der Waals surface area contributed by atoms with Gasteiger partial charge in [0.15, 0.2) is 0 Å². The highest BCUT2D eigenvalue weighted by atomic mass is 35.5. The first-order valence-corrected chi connectivity index (χ1v) is 8.47. The molecule has 0 aliphatic heterocycles. The van der Waals surface area contributed by atoms with E-state index in [0.29, 0.717) is 19.0 Å². The molecule has 2 fully saturated rings. The second kappa shape index (κ2) is 9.36.